The zero-order valence-electron chi connectivity index (χ0n) is 12.6. The Morgan fingerprint density at radius 3 is 2.68 bits per heavy atom. The highest BCUT2D eigenvalue weighted by Crippen LogP contribution is 2.35. The Morgan fingerprint density at radius 1 is 1.14 bits per heavy atom. The molecule has 22 heavy (non-hydrogen) atoms. The Kier molecular flexibility index (Phi) is 4.30. The molecule has 4 heteroatoms. The molecule has 3 rings (SSSR count). The number of hydrogen-bond acceptors (Lipinski definition) is 4. The highest BCUT2D eigenvalue weighted by molar-refractivity contribution is 5.55. The molecule has 0 amide bonds. The summed E-state index contributed by atoms with van der Waals surface area (Å²) < 4.78 is 10.8. The quantitative estimate of drug-likeness (QED) is 0.833. The van der Waals surface area contributed by atoms with Gasteiger partial charge in [-0.05, 0) is 42.4 Å². The van der Waals surface area contributed by atoms with Gasteiger partial charge < -0.3 is 20.5 Å². The first kappa shape index (κ1) is 14.5. The summed E-state index contributed by atoms with van der Waals surface area (Å²) in [5, 5.41) is 3.24. The fraction of sp³-hybridized carbons (Fsp3) is 0.222. The second kappa shape index (κ2) is 6.54. The molecule has 2 aromatic rings. The van der Waals surface area contributed by atoms with Crippen LogP contribution in [0.25, 0.3) is 6.08 Å². The smallest absolute Gasteiger partial charge is 0.231 e. The van der Waals surface area contributed by atoms with Gasteiger partial charge in [-0.3, -0.25) is 0 Å². The van der Waals surface area contributed by atoms with Gasteiger partial charge in [0.05, 0.1) is 0 Å². The van der Waals surface area contributed by atoms with Crippen molar-refractivity contribution in [2.75, 3.05) is 26.1 Å². The minimum Gasteiger partial charge on any atom is -0.454 e. The fourth-order valence-electron chi connectivity index (χ4n) is 2.50. The molecule has 3 N–H and O–H groups in total. The van der Waals surface area contributed by atoms with E-state index in [-0.39, 0.29) is 5.92 Å². The lowest BCUT2D eigenvalue weighted by molar-refractivity contribution is 0.174. The second-order valence-corrected chi connectivity index (χ2v) is 5.30. The number of ether oxygens (including phenoxy) is 2. The SMILES string of the molecule is CNCC(/C=C/c1ccc(N)cc1)c1ccc2c(c1)OCO2. The largest absolute Gasteiger partial charge is 0.454 e. The number of nitrogens with two attached hydrogens (primary N) is 1. The van der Waals surface area contributed by atoms with Crippen molar-refractivity contribution < 1.29 is 9.47 Å². The molecule has 0 saturated carbocycles. The average Bonchev–Trinajstić information content (AvgIpc) is 3.00. The van der Waals surface area contributed by atoms with Gasteiger partial charge in [0.15, 0.2) is 11.5 Å². The van der Waals surface area contributed by atoms with Gasteiger partial charge in [0, 0.05) is 18.2 Å². The Labute approximate surface area is 130 Å². The van der Waals surface area contributed by atoms with E-state index in [0.29, 0.717) is 6.79 Å². The van der Waals surface area contributed by atoms with Crippen LogP contribution in [0.2, 0.25) is 0 Å². The van der Waals surface area contributed by atoms with Crippen LogP contribution in [0.5, 0.6) is 11.5 Å². The summed E-state index contributed by atoms with van der Waals surface area (Å²) in [5.74, 6) is 1.89. The lowest BCUT2D eigenvalue weighted by Crippen LogP contribution is -2.15. The molecule has 0 saturated heterocycles. The summed E-state index contributed by atoms with van der Waals surface area (Å²) in [4.78, 5) is 0. The third-order valence-corrected chi connectivity index (χ3v) is 3.71. The standard InChI is InChI=1S/C18H20N2O2/c1-20-11-15(5-2-13-3-7-16(19)8-4-13)14-6-9-17-18(10-14)22-12-21-17/h2-10,15,20H,11-12,19H2,1H3/b5-2+. The number of nitrogen functional groups attached to an aromatic ring is 1. The molecular weight excluding hydrogens is 276 g/mol. The van der Waals surface area contributed by atoms with Gasteiger partial charge in [0.25, 0.3) is 0 Å². The molecule has 4 nitrogen and oxygen atoms in total. The first-order chi connectivity index (χ1) is 10.8. The van der Waals surface area contributed by atoms with E-state index in [4.69, 9.17) is 15.2 Å². The molecule has 1 heterocycles. The minimum atomic E-state index is 0.261. The van der Waals surface area contributed by atoms with E-state index in [0.717, 1.165) is 29.3 Å². The van der Waals surface area contributed by atoms with Gasteiger partial charge in [-0.15, -0.1) is 0 Å². The Bertz CT molecular complexity index is 665. The number of benzene rings is 2. The van der Waals surface area contributed by atoms with E-state index in [9.17, 15) is 0 Å². The Balaban J connectivity index is 1.81. The molecule has 1 unspecified atom stereocenters. The van der Waals surface area contributed by atoms with Crippen LogP contribution in [0.15, 0.2) is 48.5 Å². The van der Waals surface area contributed by atoms with Crippen LogP contribution in [0.3, 0.4) is 0 Å². The molecular formula is C18H20N2O2. The van der Waals surface area contributed by atoms with Crippen LogP contribution in [0, 0.1) is 0 Å². The number of nitrogens with one attached hydrogen (secondary N) is 1. The first-order valence-electron chi connectivity index (χ1n) is 7.34. The van der Waals surface area contributed by atoms with Crippen molar-refractivity contribution in [3.8, 4) is 11.5 Å². The van der Waals surface area contributed by atoms with Crippen molar-refractivity contribution in [2.45, 2.75) is 5.92 Å². The summed E-state index contributed by atoms with van der Waals surface area (Å²) >= 11 is 0. The number of rotatable bonds is 5. The van der Waals surface area contributed by atoms with Crippen LogP contribution in [-0.2, 0) is 0 Å². The summed E-state index contributed by atoms with van der Waals surface area (Å²) in [7, 11) is 1.96. The van der Waals surface area contributed by atoms with E-state index in [1.807, 2.05) is 37.4 Å². The van der Waals surface area contributed by atoms with Gasteiger partial charge in [0.1, 0.15) is 0 Å². The van der Waals surface area contributed by atoms with Gasteiger partial charge in [0.2, 0.25) is 6.79 Å². The summed E-state index contributed by atoms with van der Waals surface area (Å²) in [6, 6.07) is 14.0. The maximum atomic E-state index is 5.71. The van der Waals surface area contributed by atoms with Crippen molar-refractivity contribution in [1.29, 1.82) is 0 Å². The summed E-state index contributed by atoms with van der Waals surface area (Å²) in [6.45, 7) is 1.15. The molecule has 1 aliphatic rings. The van der Waals surface area contributed by atoms with Gasteiger partial charge in [-0.1, -0.05) is 30.4 Å². The highest BCUT2D eigenvalue weighted by Gasteiger charge is 2.16. The second-order valence-electron chi connectivity index (χ2n) is 5.30. The molecule has 0 aliphatic carbocycles. The summed E-state index contributed by atoms with van der Waals surface area (Å²) in [6.07, 6.45) is 4.31. The predicted octanol–water partition coefficient (Wildman–Crippen LogP) is 3.01. The van der Waals surface area contributed by atoms with Crippen LogP contribution >= 0.6 is 0 Å². The van der Waals surface area contributed by atoms with E-state index >= 15 is 0 Å². The molecule has 0 fully saturated rings. The highest BCUT2D eigenvalue weighted by atomic mass is 16.7. The fourth-order valence-corrected chi connectivity index (χ4v) is 2.50. The lowest BCUT2D eigenvalue weighted by atomic mass is 9.97. The normalized spacial score (nSPS) is 14.4. The van der Waals surface area contributed by atoms with Crippen LogP contribution in [-0.4, -0.2) is 20.4 Å². The number of hydrogen-bond donors (Lipinski definition) is 2. The minimum absolute atomic E-state index is 0.261. The topological polar surface area (TPSA) is 56.5 Å². The number of fused-ring (bicyclic) bond motifs is 1. The molecule has 0 aromatic heterocycles. The van der Waals surface area contributed by atoms with Crippen molar-refractivity contribution >= 4 is 11.8 Å². The molecule has 0 spiro atoms. The molecule has 1 aliphatic heterocycles. The maximum absolute atomic E-state index is 5.71. The lowest BCUT2D eigenvalue weighted by Gasteiger charge is -2.13. The zero-order valence-corrected chi connectivity index (χ0v) is 12.6. The Hall–Kier alpha value is -2.46. The van der Waals surface area contributed by atoms with Gasteiger partial charge >= 0.3 is 0 Å². The van der Waals surface area contributed by atoms with Crippen molar-refractivity contribution in [1.82, 2.24) is 5.32 Å². The summed E-state index contributed by atoms with van der Waals surface area (Å²) in [5.41, 5.74) is 8.83. The monoisotopic (exact) mass is 296 g/mol. The molecule has 1 atom stereocenters. The van der Waals surface area contributed by atoms with E-state index < -0.39 is 0 Å². The van der Waals surface area contributed by atoms with E-state index in [2.05, 4.69) is 29.6 Å². The molecule has 2 aromatic carbocycles. The van der Waals surface area contributed by atoms with Gasteiger partial charge in [-0.25, -0.2) is 0 Å². The van der Waals surface area contributed by atoms with Crippen molar-refractivity contribution in [3.05, 3.63) is 59.7 Å². The Morgan fingerprint density at radius 2 is 1.91 bits per heavy atom. The van der Waals surface area contributed by atoms with E-state index in [1.54, 1.807) is 0 Å². The van der Waals surface area contributed by atoms with E-state index in [1.165, 1.54) is 5.56 Å². The first-order valence-corrected chi connectivity index (χ1v) is 7.34. The number of anilines is 1. The van der Waals surface area contributed by atoms with Crippen LogP contribution < -0.4 is 20.5 Å². The molecule has 0 radical (unpaired) electrons. The zero-order chi connectivity index (χ0) is 15.4. The maximum Gasteiger partial charge on any atom is 0.231 e. The predicted molar refractivity (Wildman–Crippen MR) is 89.1 cm³/mol. The van der Waals surface area contributed by atoms with Crippen LogP contribution in [0.4, 0.5) is 5.69 Å². The third kappa shape index (κ3) is 3.23. The van der Waals surface area contributed by atoms with Crippen molar-refractivity contribution in [3.63, 3.8) is 0 Å². The molecule has 114 valence electrons. The van der Waals surface area contributed by atoms with Crippen molar-refractivity contribution in [2.24, 2.45) is 0 Å². The number of likely N-dealkylation sites (N-methyl/N-ethyl adjacent to an activating group) is 1. The van der Waals surface area contributed by atoms with Crippen LogP contribution in [0.1, 0.15) is 17.0 Å². The average molecular weight is 296 g/mol. The van der Waals surface area contributed by atoms with Gasteiger partial charge in [-0.2, -0.15) is 0 Å². The third-order valence-electron chi connectivity index (χ3n) is 3.71. The molecule has 0 bridgehead atoms.